The van der Waals surface area contributed by atoms with Crippen molar-refractivity contribution in [3.8, 4) is 5.75 Å². The third-order valence-corrected chi connectivity index (χ3v) is 6.79. The Hall–Kier alpha value is -2.65. The molecule has 8 nitrogen and oxygen atoms in total. The zero-order chi connectivity index (χ0) is 23.4. The number of carbonyl (C=O) groups is 1. The van der Waals surface area contributed by atoms with Gasteiger partial charge in [-0.25, -0.2) is 4.98 Å². The second kappa shape index (κ2) is 10.1. The summed E-state index contributed by atoms with van der Waals surface area (Å²) < 4.78 is 29.0. The monoisotopic (exact) mass is 472 g/mol. The minimum absolute atomic E-state index is 0.0166. The van der Waals surface area contributed by atoms with E-state index < -0.39 is 10.1 Å². The maximum absolute atomic E-state index is 12.6. The predicted octanol–water partition coefficient (Wildman–Crippen LogP) is 2.47. The SMILES string of the molecule is CCC(=O)N1CCCc2c(CCN3CCN(c4ccccn4)CC3)ccc(OS(C)(=O)=O)c21. The van der Waals surface area contributed by atoms with E-state index in [2.05, 4.69) is 14.8 Å². The van der Waals surface area contributed by atoms with E-state index in [9.17, 15) is 13.2 Å². The Morgan fingerprint density at radius 1 is 1.09 bits per heavy atom. The first-order valence-corrected chi connectivity index (χ1v) is 13.4. The van der Waals surface area contributed by atoms with Gasteiger partial charge in [0.15, 0.2) is 5.75 Å². The van der Waals surface area contributed by atoms with Crippen LogP contribution < -0.4 is 14.0 Å². The van der Waals surface area contributed by atoms with Gasteiger partial charge in [0.05, 0.1) is 11.9 Å². The second-order valence-corrected chi connectivity index (χ2v) is 10.2. The number of benzene rings is 1. The third kappa shape index (κ3) is 5.65. The van der Waals surface area contributed by atoms with Crippen molar-refractivity contribution in [2.24, 2.45) is 0 Å². The van der Waals surface area contributed by atoms with Crippen molar-refractivity contribution in [3.63, 3.8) is 0 Å². The number of hydrogen-bond donors (Lipinski definition) is 0. The number of fused-ring (bicyclic) bond motifs is 1. The molecule has 1 fully saturated rings. The molecule has 2 aliphatic heterocycles. The van der Waals surface area contributed by atoms with Gasteiger partial charge in [0.1, 0.15) is 5.82 Å². The van der Waals surface area contributed by atoms with Crippen LogP contribution in [-0.2, 0) is 27.8 Å². The van der Waals surface area contributed by atoms with Crippen LogP contribution >= 0.6 is 0 Å². The van der Waals surface area contributed by atoms with E-state index in [0.29, 0.717) is 18.7 Å². The Kier molecular flexibility index (Phi) is 7.19. The van der Waals surface area contributed by atoms with Crippen LogP contribution in [0.25, 0.3) is 0 Å². The van der Waals surface area contributed by atoms with Crippen molar-refractivity contribution in [2.45, 2.75) is 32.6 Å². The van der Waals surface area contributed by atoms with Crippen LogP contribution in [0.5, 0.6) is 5.75 Å². The molecular formula is C24H32N4O4S. The van der Waals surface area contributed by atoms with Gasteiger partial charge >= 0.3 is 10.1 Å². The van der Waals surface area contributed by atoms with Crippen LogP contribution in [0.1, 0.15) is 30.9 Å². The number of rotatable bonds is 7. The van der Waals surface area contributed by atoms with Crippen LogP contribution in [0.4, 0.5) is 11.5 Å². The van der Waals surface area contributed by atoms with E-state index in [1.54, 1.807) is 11.0 Å². The zero-order valence-corrected chi connectivity index (χ0v) is 20.2. The number of anilines is 2. The van der Waals surface area contributed by atoms with Gasteiger partial charge in [0, 0.05) is 51.9 Å². The molecule has 0 saturated carbocycles. The first-order chi connectivity index (χ1) is 15.9. The highest BCUT2D eigenvalue weighted by Crippen LogP contribution is 2.39. The summed E-state index contributed by atoms with van der Waals surface area (Å²) >= 11 is 0. The molecule has 0 unspecified atom stereocenters. The molecule has 3 heterocycles. The highest BCUT2D eigenvalue weighted by molar-refractivity contribution is 7.86. The minimum atomic E-state index is -3.69. The molecule has 2 aromatic rings. The Morgan fingerprint density at radius 2 is 1.88 bits per heavy atom. The highest BCUT2D eigenvalue weighted by atomic mass is 32.2. The molecule has 0 radical (unpaired) electrons. The normalized spacial score (nSPS) is 17.0. The van der Waals surface area contributed by atoms with Gasteiger partial charge in [-0.15, -0.1) is 0 Å². The summed E-state index contributed by atoms with van der Waals surface area (Å²) in [6.45, 7) is 7.13. The van der Waals surface area contributed by atoms with Crippen LogP contribution in [0, 0.1) is 0 Å². The standard InChI is InChI=1S/C24H32N4O4S/c1-3-23(29)28-13-6-7-20-19(9-10-21(24(20)28)32-33(2,30)31)11-14-26-15-17-27(18-16-26)22-8-4-5-12-25-22/h4-5,8-10,12H,3,6-7,11,13-18H2,1-2H3. The summed E-state index contributed by atoms with van der Waals surface area (Å²) in [5.74, 6) is 1.26. The average Bonchev–Trinajstić information content (AvgIpc) is 2.82. The van der Waals surface area contributed by atoms with Crippen LogP contribution in [0.3, 0.4) is 0 Å². The van der Waals surface area contributed by atoms with Crippen molar-refractivity contribution < 1.29 is 17.4 Å². The zero-order valence-electron chi connectivity index (χ0n) is 19.4. The van der Waals surface area contributed by atoms with E-state index in [1.165, 1.54) is 0 Å². The average molecular weight is 473 g/mol. The summed E-state index contributed by atoms with van der Waals surface area (Å²) in [6, 6.07) is 9.66. The predicted molar refractivity (Wildman–Crippen MR) is 129 cm³/mol. The van der Waals surface area contributed by atoms with Crippen molar-refractivity contribution in [1.82, 2.24) is 9.88 Å². The first-order valence-electron chi connectivity index (χ1n) is 11.6. The third-order valence-electron chi connectivity index (χ3n) is 6.31. The van der Waals surface area contributed by atoms with Crippen molar-refractivity contribution in [3.05, 3.63) is 47.7 Å². The summed E-state index contributed by atoms with van der Waals surface area (Å²) in [5, 5.41) is 0. The molecule has 0 bridgehead atoms. The molecule has 0 spiro atoms. The molecule has 4 rings (SSSR count). The lowest BCUT2D eigenvalue weighted by molar-refractivity contribution is -0.118. The molecule has 1 saturated heterocycles. The molecule has 0 atom stereocenters. The maximum atomic E-state index is 12.6. The molecule has 1 aromatic heterocycles. The summed E-state index contributed by atoms with van der Waals surface area (Å²) in [5.41, 5.74) is 2.83. The lowest BCUT2D eigenvalue weighted by atomic mass is 9.93. The van der Waals surface area contributed by atoms with Gasteiger partial charge in [-0.1, -0.05) is 19.1 Å². The topological polar surface area (TPSA) is 83.1 Å². The first kappa shape index (κ1) is 23.5. The van der Waals surface area contributed by atoms with E-state index in [4.69, 9.17) is 4.18 Å². The molecule has 33 heavy (non-hydrogen) atoms. The molecule has 178 valence electrons. The number of pyridine rings is 1. The minimum Gasteiger partial charge on any atom is -0.380 e. The van der Waals surface area contributed by atoms with Crippen LogP contribution in [-0.4, -0.2) is 69.7 Å². The Labute approximate surface area is 196 Å². The van der Waals surface area contributed by atoms with Gasteiger partial charge in [-0.2, -0.15) is 8.42 Å². The van der Waals surface area contributed by atoms with Gasteiger partial charge < -0.3 is 14.0 Å². The maximum Gasteiger partial charge on any atom is 0.306 e. The van der Waals surface area contributed by atoms with Crippen molar-refractivity contribution >= 4 is 27.5 Å². The van der Waals surface area contributed by atoms with Crippen LogP contribution in [0.15, 0.2) is 36.5 Å². The number of piperazine rings is 1. The summed E-state index contributed by atoms with van der Waals surface area (Å²) in [7, 11) is -3.69. The number of hydrogen-bond acceptors (Lipinski definition) is 7. The summed E-state index contributed by atoms with van der Waals surface area (Å²) in [4.78, 5) is 23.5. The van der Waals surface area contributed by atoms with Crippen molar-refractivity contribution in [2.75, 3.05) is 55.3 Å². The molecule has 0 aliphatic carbocycles. The van der Waals surface area contributed by atoms with E-state index in [-0.39, 0.29) is 11.7 Å². The highest BCUT2D eigenvalue weighted by Gasteiger charge is 2.29. The number of aromatic nitrogens is 1. The Morgan fingerprint density at radius 3 is 2.55 bits per heavy atom. The fraction of sp³-hybridized carbons (Fsp3) is 0.500. The smallest absolute Gasteiger partial charge is 0.306 e. The van der Waals surface area contributed by atoms with Crippen molar-refractivity contribution in [1.29, 1.82) is 0 Å². The van der Waals surface area contributed by atoms with Gasteiger partial charge in [0.2, 0.25) is 5.91 Å². The molecular weight excluding hydrogens is 440 g/mol. The Balaban J connectivity index is 1.49. The quantitative estimate of drug-likeness (QED) is 0.573. The van der Waals surface area contributed by atoms with Gasteiger partial charge in [-0.3, -0.25) is 9.69 Å². The van der Waals surface area contributed by atoms with Gasteiger partial charge in [0.25, 0.3) is 0 Å². The van der Waals surface area contributed by atoms with Crippen LogP contribution in [0.2, 0.25) is 0 Å². The lowest BCUT2D eigenvalue weighted by Gasteiger charge is -2.36. The molecule has 9 heteroatoms. The van der Waals surface area contributed by atoms with E-state index >= 15 is 0 Å². The fourth-order valence-electron chi connectivity index (χ4n) is 4.68. The molecule has 1 amide bonds. The largest absolute Gasteiger partial charge is 0.380 e. The fourth-order valence-corrected chi connectivity index (χ4v) is 5.14. The number of carbonyl (C=O) groups excluding carboxylic acids is 1. The number of nitrogens with zero attached hydrogens (tertiary/aromatic N) is 4. The second-order valence-electron chi connectivity index (χ2n) is 8.61. The Bertz CT molecular complexity index is 1080. The number of amides is 1. The van der Waals surface area contributed by atoms with E-state index in [1.807, 2.05) is 37.4 Å². The molecule has 2 aliphatic rings. The summed E-state index contributed by atoms with van der Waals surface area (Å²) in [6.07, 6.45) is 5.74. The van der Waals surface area contributed by atoms with E-state index in [0.717, 1.165) is 75.2 Å². The molecule has 1 aromatic carbocycles. The lowest BCUT2D eigenvalue weighted by Crippen LogP contribution is -2.47. The van der Waals surface area contributed by atoms with Gasteiger partial charge in [-0.05, 0) is 48.6 Å². The molecule has 0 N–H and O–H groups in total.